The Morgan fingerprint density at radius 3 is 2.94 bits per heavy atom. The lowest BCUT2D eigenvalue weighted by Gasteiger charge is -2.35. The molecule has 0 radical (unpaired) electrons. The molecular weight excluding hydrogens is 220 g/mol. The van der Waals surface area contributed by atoms with Crippen molar-refractivity contribution in [3.05, 3.63) is 6.33 Å². The summed E-state index contributed by atoms with van der Waals surface area (Å²) >= 11 is 0. The van der Waals surface area contributed by atoms with E-state index in [9.17, 15) is 5.11 Å². The summed E-state index contributed by atoms with van der Waals surface area (Å²) < 4.78 is 5.06. The Kier molecular flexibility index (Phi) is 3.33. The van der Waals surface area contributed by atoms with Crippen LogP contribution in [0.25, 0.3) is 0 Å². The van der Waals surface area contributed by atoms with Crippen molar-refractivity contribution >= 4 is 11.5 Å². The van der Waals surface area contributed by atoms with E-state index in [4.69, 9.17) is 10.5 Å². The molecule has 2 heterocycles. The Bertz CT molecular complexity index is 399. The summed E-state index contributed by atoms with van der Waals surface area (Å²) in [5.74, 6) is 1.34. The van der Waals surface area contributed by atoms with Gasteiger partial charge in [-0.15, -0.1) is 0 Å². The predicted molar refractivity (Wildman–Crippen MR) is 65.0 cm³/mol. The molecule has 1 aliphatic rings. The van der Waals surface area contributed by atoms with Gasteiger partial charge >= 0.3 is 0 Å². The number of aromatic nitrogens is 2. The Morgan fingerprint density at radius 1 is 1.53 bits per heavy atom. The average Bonchev–Trinajstić information content (AvgIpc) is 2.33. The molecule has 2 atom stereocenters. The number of nitrogens with zero attached hydrogens (tertiary/aromatic N) is 3. The number of methoxy groups -OCH3 is 1. The van der Waals surface area contributed by atoms with Crippen molar-refractivity contribution in [3.8, 4) is 5.88 Å². The number of hydrogen-bond donors (Lipinski definition) is 2. The highest BCUT2D eigenvalue weighted by Crippen LogP contribution is 2.30. The number of nitrogens with two attached hydrogens (primary N) is 1. The standard InChI is InChI=1S/C11H18N4O2/c1-7-3-4-15(5-8(7)16)10-9(12)11(17-2)14-6-13-10/h6-8,16H,3-5,12H2,1-2H3. The van der Waals surface area contributed by atoms with E-state index >= 15 is 0 Å². The van der Waals surface area contributed by atoms with E-state index in [0.29, 0.717) is 29.8 Å². The molecule has 2 unspecified atom stereocenters. The first-order chi connectivity index (χ1) is 8.13. The van der Waals surface area contributed by atoms with Gasteiger partial charge < -0.3 is 20.5 Å². The Morgan fingerprint density at radius 2 is 2.29 bits per heavy atom. The molecule has 0 saturated carbocycles. The summed E-state index contributed by atoms with van der Waals surface area (Å²) in [5.41, 5.74) is 6.36. The topological polar surface area (TPSA) is 84.5 Å². The fraction of sp³-hybridized carbons (Fsp3) is 0.636. The number of hydrogen-bond acceptors (Lipinski definition) is 6. The van der Waals surface area contributed by atoms with E-state index in [0.717, 1.165) is 13.0 Å². The van der Waals surface area contributed by atoms with E-state index in [1.807, 2.05) is 11.8 Å². The monoisotopic (exact) mass is 238 g/mol. The molecule has 3 N–H and O–H groups in total. The van der Waals surface area contributed by atoms with Crippen LogP contribution in [-0.4, -0.2) is 41.4 Å². The van der Waals surface area contributed by atoms with Gasteiger partial charge in [0.25, 0.3) is 0 Å². The van der Waals surface area contributed by atoms with Gasteiger partial charge in [0.1, 0.15) is 12.0 Å². The zero-order chi connectivity index (χ0) is 12.4. The first-order valence-electron chi connectivity index (χ1n) is 5.71. The minimum atomic E-state index is -0.343. The normalized spacial score (nSPS) is 24.8. The predicted octanol–water partition coefficient (Wildman–Crippen LogP) is 0.275. The molecule has 0 amide bonds. The molecule has 6 heteroatoms. The highest BCUT2D eigenvalue weighted by molar-refractivity contribution is 5.67. The van der Waals surface area contributed by atoms with Crippen LogP contribution in [-0.2, 0) is 0 Å². The van der Waals surface area contributed by atoms with E-state index < -0.39 is 0 Å². The molecule has 94 valence electrons. The number of piperidine rings is 1. The highest BCUT2D eigenvalue weighted by atomic mass is 16.5. The second-order valence-corrected chi connectivity index (χ2v) is 4.40. The second kappa shape index (κ2) is 4.75. The zero-order valence-corrected chi connectivity index (χ0v) is 10.1. The fourth-order valence-electron chi connectivity index (χ4n) is 2.03. The quantitative estimate of drug-likeness (QED) is 0.769. The van der Waals surface area contributed by atoms with Crippen LogP contribution in [0.15, 0.2) is 6.33 Å². The van der Waals surface area contributed by atoms with Crippen LogP contribution >= 0.6 is 0 Å². The summed E-state index contributed by atoms with van der Waals surface area (Å²) in [6.45, 7) is 3.43. The molecule has 1 fully saturated rings. The van der Waals surface area contributed by atoms with Gasteiger partial charge in [-0.2, -0.15) is 4.98 Å². The third-order valence-electron chi connectivity index (χ3n) is 3.24. The molecule has 2 rings (SSSR count). The molecule has 6 nitrogen and oxygen atoms in total. The third-order valence-corrected chi connectivity index (χ3v) is 3.24. The molecular formula is C11H18N4O2. The molecule has 17 heavy (non-hydrogen) atoms. The largest absolute Gasteiger partial charge is 0.479 e. The van der Waals surface area contributed by atoms with Gasteiger partial charge in [-0.05, 0) is 12.3 Å². The van der Waals surface area contributed by atoms with Gasteiger partial charge in [0, 0.05) is 13.1 Å². The fourth-order valence-corrected chi connectivity index (χ4v) is 2.03. The number of β-amino-alcohol motifs (C(OH)–C–C–N with tert-alkyl or cyclic N) is 1. The van der Waals surface area contributed by atoms with Gasteiger partial charge in [0.15, 0.2) is 5.82 Å². The van der Waals surface area contributed by atoms with Gasteiger partial charge in [-0.3, -0.25) is 0 Å². The van der Waals surface area contributed by atoms with Crippen molar-refractivity contribution in [2.45, 2.75) is 19.4 Å². The van der Waals surface area contributed by atoms with Crippen LogP contribution in [0.4, 0.5) is 11.5 Å². The Balaban J connectivity index is 2.23. The second-order valence-electron chi connectivity index (χ2n) is 4.40. The summed E-state index contributed by atoms with van der Waals surface area (Å²) in [7, 11) is 1.52. The molecule has 1 aliphatic heterocycles. The minimum Gasteiger partial charge on any atom is -0.479 e. The van der Waals surface area contributed by atoms with Crippen LogP contribution < -0.4 is 15.4 Å². The Labute approximate surface area is 100 Å². The third kappa shape index (κ3) is 2.26. The number of anilines is 2. The maximum atomic E-state index is 9.87. The average molecular weight is 238 g/mol. The maximum absolute atomic E-state index is 9.87. The van der Waals surface area contributed by atoms with E-state index in [2.05, 4.69) is 9.97 Å². The number of aliphatic hydroxyl groups is 1. The van der Waals surface area contributed by atoms with Crippen LogP contribution in [0, 0.1) is 5.92 Å². The summed E-state index contributed by atoms with van der Waals surface area (Å²) in [6, 6.07) is 0. The molecule has 0 spiro atoms. The zero-order valence-electron chi connectivity index (χ0n) is 10.1. The van der Waals surface area contributed by atoms with E-state index in [1.165, 1.54) is 13.4 Å². The Hall–Kier alpha value is -1.56. The summed E-state index contributed by atoms with van der Waals surface area (Å²) in [6.07, 6.45) is 2.01. The first kappa shape index (κ1) is 11.9. The van der Waals surface area contributed by atoms with Crippen molar-refractivity contribution < 1.29 is 9.84 Å². The molecule has 1 aromatic heterocycles. The molecule has 0 bridgehead atoms. The van der Waals surface area contributed by atoms with Crippen LogP contribution in [0.1, 0.15) is 13.3 Å². The highest BCUT2D eigenvalue weighted by Gasteiger charge is 2.26. The number of rotatable bonds is 2. The van der Waals surface area contributed by atoms with Gasteiger partial charge in [-0.1, -0.05) is 6.92 Å². The smallest absolute Gasteiger partial charge is 0.242 e. The molecule has 1 aromatic rings. The molecule has 0 aromatic carbocycles. The lowest BCUT2D eigenvalue weighted by Crippen LogP contribution is -2.43. The van der Waals surface area contributed by atoms with Crippen molar-refractivity contribution in [2.75, 3.05) is 30.8 Å². The number of aliphatic hydroxyl groups excluding tert-OH is 1. The SMILES string of the molecule is COc1ncnc(N2CCC(C)C(O)C2)c1N. The van der Waals surface area contributed by atoms with E-state index in [-0.39, 0.29) is 6.10 Å². The lowest BCUT2D eigenvalue weighted by molar-refractivity contribution is 0.102. The van der Waals surface area contributed by atoms with Crippen LogP contribution in [0.5, 0.6) is 5.88 Å². The number of nitrogen functional groups attached to an aromatic ring is 1. The van der Waals surface area contributed by atoms with Crippen LogP contribution in [0.3, 0.4) is 0 Å². The first-order valence-corrected chi connectivity index (χ1v) is 5.71. The van der Waals surface area contributed by atoms with Crippen molar-refractivity contribution in [1.29, 1.82) is 0 Å². The van der Waals surface area contributed by atoms with Crippen molar-refractivity contribution in [3.63, 3.8) is 0 Å². The van der Waals surface area contributed by atoms with Crippen molar-refractivity contribution in [1.82, 2.24) is 9.97 Å². The van der Waals surface area contributed by atoms with Crippen LogP contribution in [0.2, 0.25) is 0 Å². The molecule has 1 saturated heterocycles. The number of ether oxygens (including phenoxy) is 1. The summed E-state index contributed by atoms with van der Waals surface area (Å²) in [4.78, 5) is 10.1. The minimum absolute atomic E-state index is 0.316. The maximum Gasteiger partial charge on any atom is 0.242 e. The van der Waals surface area contributed by atoms with Gasteiger partial charge in [0.2, 0.25) is 5.88 Å². The van der Waals surface area contributed by atoms with E-state index in [1.54, 1.807) is 0 Å². The molecule has 0 aliphatic carbocycles. The van der Waals surface area contributed by atoms with Gasteiger partial charge in [0.05, 0.1) is 13.2 Å². The van der Waals surface area contributed by atoms with Crippen molar-refractivity contribution in [2.24, 2.45) is 5.92 Å². The summed E-state index contributed by atoms with van der Waals surface area (Å²) in [5, 5.41) is 9.87. The lowest BCUT2D eigenvalue weighted by atomic mass is 9.96. The van der Waals surface area contributed by atoms with Gasteiger partial charge in [-0.25, -0.2) is 4.98 Å².